The second-order valence-electron chi connectivity index (χ2n) is 7.64. The van der Waals surface area contributed by atoms with Gasteiger partial charge in [0.15, 0.2) is 0 Å². The molecule has 1 aromatic rings. The number of alkyl halides is 3. The SMILES string of the molecule is C[C@H](NC(=O)CN1CCC[C@@H](C(F)(F)F)C1)c1ccc2c(c1)CCCC2. The minimum atomic E-state index is -4.18. The first-order valence-corrected chi connectivity index (χ1v) is 9.53. The Morgan fingerprint density at radius 1 is 1.23 bits per heavy atom. The van der Waals surface area contributed by atoms with E-state index in [2.05, 4.69) is 23.5 Å². The number of nitrogens with one attached hydrogen (secondary N) is 1. The molecule has 0 saturated carbocycles. The molecular formula is C20H27F3N2O. The normalized spacial score (nSPS) is 22.5. The number of carbonyl (C=O) groups is 1. The fourth-order valence-corrected chi connectivity index (χ4v) is 4.06. The minimum Gasteiger partial charge on any atom is -0.348 e. The van der Waals surface area contributed by atoms with Crippen LogP contribution in [0, 0.1) is 5.92 Å². The van der Waals surface area contributed by atoms with Gasteiger partial charge in [-0.1, -0.05) is 18.2 Å². The van der Waals surface area contributed by atoms with Gasteiger partial charge >= 0.3 is 6.18 Å². The summed E-state index contributed by atoms with van der Waals surface area (Å²) in [7, 11) is 0. The van der Waals surface area contributed by atoms with Crippen LogP contribution in [-0.4, -0.2) is 36.6 Å². The molecule has 0 radical (unpaired) electrons. The fourth-order valence-electron chi connectivity index (χ4n) is 4.06. The van der Waals surface area contributed by atoms with Gasteiger partial charge in [0.25, 0.3) is 0 Å². The third-order valence-electron chi connectivity index (χ3n) is 5.59. The summed E-state index contributed by atoms with van der Waals surface area (Å²) in [6, 6.07) is 6.22. The van der Waals surface area contributed by atoms with Crippen molar-refractivity contribution >= 4 is 5.91 Å². The van der Waals surface area contributed by atoms with Crippen LogP contribution in [-0.2, 0) is 17.6 Å². The zero-order valence-corrected chi connectivity index (χ0v) is 15.2. The van der Waals surface area contributed by atoms with Crippen molar-refractivity contribution < 1.29 is 18.0 Å². The molecule has 26 heavy (non-hydrogen) atoms. The zero-order chi connectivity index (χ0) is 18.7. The fraction of sp³-hybridized carbons (Fsp3) is 0.650. The number of carbonyl (C=O) groups excluding carboxylic acids is 1. The molecule has 2 atom stereocenters. The number of aryl methyl sites for hydroxylation is 2. The molecule has 144 valence electrons. The quantitative estimate of drug-likeness (QED) is 0.871. The summed E-state index contributed by atoms with van der Waals surface area (Å²) >= 11 is 0. The lowest BCUT2D eigenvalue weighted by atomic mass is 9.89. The van der Waals surface area contributed by atoms with Gasteiger partial charge in [-0.3, -0.25) is 9.69 Å². The summed E-state index contributed by atoms with van der Waals surface area (Å²) < 4.78 is 38.7. The molecule has 0 aromatic heterocycles. The maximum Gasteiger partial charge on any atom is 0.393 e. The summed E-state index contributed by atoms with van der Waals surface area (Å²) in [5.74, 6) is -1.53. The van der Waals surface area contributed by atoms with Crippen molar-refractivity contribution in [2.45, 2.75) is 57.7 Å². The molecule has 3 rings (SSSR count). The van der Waals surface area contributed by atoms with Crippen molar-refractivity contribution in [3.8, 4) is 0 Å². The highest BCUT2D eigenvalue weighted by Crippen LogP contribution is 2.33. The number of piperidine rings is 1. The molecule has 3 nitrogen and oxygen atoms in total. The Morgan fingerprint density at radius 2 is 1.96 bits per heavy atom. The maximum absolute atomic E-state index is 12.9. The highest BCUT2D eigenvalue weighted by molar-refractivity contribution is 5.78. The molecule has 0 spiro atoms. The van der Waals surface area contributed by atoms with Crippen molar-refractivity contribution in [2.75, 3.05) is 19.6 Å². The van der Waals surface area contributed by atoms with E-state index in [9.17, 15) is 18.0 Å². The van der Waals surface area contributed by atoms with Gasteiger partial charge in [0, 0.05) is 6.54 Å². The van der Waals surface area contributed by atoms with Gasteiger partial charge in [-0.25, -0.2) is 0 Å². The van der Waals surface area contributed by atoms with Gasteiger partial charge in [-0.2, -0.15) is 13.2 Å². The Balaban J connectivity index is 1.54. The number of halogens is 3. The molecule has 0 bridgehead atoms. The van der Waals surface area contributed by atoms with Crippen molar-refractivity contribution in [3.05, 3.63) is 34.9 Å². The Morgan fingerprint density at radius 3 is 2.69 bits per heavy atom. The van der Waals surface area contributed by atoms with Crippen LogP contribution in [0.3, 0.4) is 0 Å². The number of nitrogens with zero attached hydrogens (tertiary/aromatic N) is 1. The van der Waals surface area contributed by atoms with Gasteiger partial charge < -0.3 is 5.32 Å². The standard InChI is InChI=1S/C20H27F3N2O/c1-14(16-9-8-15-5-2-3-6-17(15)11-16)24-19(26)13-25-10-4-7-18(12-25)20(21,22)23/h8-9,11,14,18H,2-7,10,12-13H2,1H3,(H,24,26)/t14-,18+/m0/s1. The molecular weight excluding hydrogens is 341 g/mol. The summed E-state index contributed by atoms with van der Waals surface area (Å²) in [4.78, 5) is 13.9. The lowest BCUT2D eigenvalue weighted by Gasteiger charge is -2.33. The van der Waals surface area contributed by atoms with Crippen molar-refractivity contribution in [1.82, 2.24) is 10.2 Å². The van der Waals surface area contributed by atoms with E-state index in [-0.39, 0.29) is 31.5 Å². The highest BCUT2D eigenvalue weighted by atomic mass is 19.4. The average molecular weight is 368 g/mol. The Kier molecular flexibility index (Phi) is 5.90. The molecule has 2 aliphatic rings. The van der Waals surface area contributed by atoms with Crippen LogP contribution in [0.1, 0.15) is 55.3 Å². The Bertz CT molecular complexity index is 644. The van der Waals surface area contributed by atoms with Crippen LogP contribution in [0.2, 0.25) is 0 Å². The molecule has 0 unspecified atom stereocenters. The third kappa shape index (κ3) is 4.78. The molecule has 1 N–H and O–H groups in total. The highest BCUT2D eigenvalue weighted by Gasteiger charge is 2.41. The van der Waals surface area contributed by atoms with E-state index in [1.165, 1.54) is 24.0 Å². The summed E-state index contributed by atoms with van der Waals surface area (Å²) in [5.41, 5.74) is 3.81. The number of amides is 1. The number of hydrogen-bond donors (Lipinski definition) is 1. The number of hydrogen-bond acceptors (Lipinski definition) is 2. The van der Waals surface area contributed by atoms with Gasteiger partial charge in [0.05, 0.1) is 18.5 Å². The van der Waals surface area contributed by atoms with E-state index in [4.69, 9.17) is 0 Å². The lowest BCUT2D eigenvalue weighted by Crippen LogP contribution is -2.46. The first-order valence-electron chi connectivity index (χ1n) is 9.53. The van der Waals surface area contributed by atoms with Crippen molar-refractivity contribution in [2.24, 2.45) is 5.92 Å². The number of likely N-dealkylation sites (tertiary alicyclic amines) is 1. The topological polar surface area (TPSA) is 32.3 Å². The van der Waals surface area contributed by atoms with Gasteiger partial charge in [0.2, 0.25) is 5.91 Å². The van der Waals surface area contributed by atoms with Crippen LogP contribution >= 0.6 is 0 Å². The van der Waals surface area contributed by atoms with Gasteiger partial charge in [-0.05, 0) is 68.7 Å². The summed E-state index contributed by atoms with van der Waals surface area (Å²) in [6.07, 6.45) is 1.10. The molecule has 1 heterocycles. The van der Waals surface area contributed by atoms with Gasteiger partial charge in [-0.15, -0.1) is 0 Å². The number of benzene rings is 1. The monoisotopic (exact) mass is 368 g/mol. The Hall–Kier alpha value is -1.56. The van der Waals surface area contributed by atoms with E-state index in [1.807, 2.05) is 6.92 Å². The van der Waals surface area contributed by atoms with E-state index >= 15 is 0 Å². The first-order chi connectivity index (χ1) is 12.3. The minimum absolute atomic E-state index is 0.0296. The molecule has 1 aliphatic heterocycles. The predicted molar refractivity (Wildman–Crippen MR) is 94.9 cm³/mol. The van der Waals surface area contributed by atoms with E-state index in [0.717, 1.165) is 18.4 Å². The van der Waals surface area contributed by atoms with Crippen LogP contribution in [0.15, 0.2) is 18.2 Å². The van der Waals surface area contributed by atoms with Crippen molar-refractivity contribution in [1.29, 1.82) is 0 Å². The molecule has 1 amide bonds. The largest absolute Gasteiger partial charge is 0.393 e. The zero-order valence-electron chi connectivity index (χ0n) is 15.2. The number of fused-ring (bicyclic) bond motifs is 1. The molecule has 1 saturated heterocycles. The number of rotatable bonds is 4. The lowest BCUT2D eigenvalue weighted by molar-refractivity contribution is -0.187. The molecule has 6 heteroatoms. The summed E-state index contributed by atoms with van der Waals surface area (Å²) in [5, 5.41) is 2.94. The van der Waals surface area contributed by atoms with Gasteiger partial charge in [0.1, 0.15) is 0 Å². The second-order valence-corrected chi connectivity index (χ2v) is 7.64. The maximum atomic E-state index is 12.9. The second kappa shape index (κ2) is 7.99. The van der Waals surface area contributed by atoms with Crippen LogP contribution in [0.4, 0.5) is 13.2 Å². The predicted octanol–water partition coefficient (Wildman–Crippen LogP) is 4.02. The first kappa shape index (κ1) is 19.2. The molecule has 1 aromatic carbocycles. The summed E-state index contributed by atoms with van der Waals surface area (Å²) in [6.45, 7) is 2.43. The average Bonchev–Trinajstić information content (AvgIpc) is 2.60. The van der Waals surface area contributed by atoms with E-state index in [1.54, 1.807) is 4.90 Å². The van der Waals surface area contributed by atoms with E-state index in [0.29, 0.717) is 13.0 Å². The molecule has 1 fully saturated rings. The van der Waals surface area contributed by atoms with Crippen LogP contribution in [0.25, 0.3) is 0 Å². The van der Waals surface area contributed by atoms with Crippen LogP contribution in [0.5, 0.6) is 0 Å². The van der Waals surface area contributed by atoms with Crippen molar-refractivity contribution in [3.63, 3.8) is 0 Å². The Labute approximate surface area is 152 Å². The molecule has 1 aliphatic carbocycles. The van der Waals surface area contributed by atoms with E-state index < -0.39 is 12.1 Å². The smallest absolute Gasteiger partial charge is 0.348 e. The van der Waals surface area contributed by atoms with Crippen LogP contribution < -0.4 is 5.32 Å². The third-order valence-corrected chi connectivity index (χ3v) is 5.59.